The Balaban J connectivity index is 0. The number of rotatable bonds is 0. The van der Waals surface area contributed by atoms with Crippen LogP contribution in [0.5, 0.6) is 0 Å². The molecule has 0 fully saturated rings. The maximum atomic E-state index is 0. The molecule has 60 valence electrons. The molecule has 0 heterocycles. The van der Waals surface area contributed by atoms with E-state index >= 15 is 0 Å². The van der Waals surface area contributed by atoms with Crippen LogP contribution in [0.2, 0.25) is 0 Å². The van der Waals surface area contributed by atoms with Crippen LogP contribution in [0.1, 0.15) is 53.1 Å². The standard InChI is InChI=1S/6CH4.6H2/h6*1H4;6*1H/i;;;;;;6*1+2. The summed E-state index contributed by atoms with van der Waals surface area (Å²) >= 11 is 0. The molecule has 0 aromatic rings. The summed E-state index contributed by atoms with van der Waals surface area (Å²) in [6.07, 6.45) is 0. The van der Waals surface area contributed by atoms with Gasteiger partial charge < -0.3 is 0 Å². The predicted molar refractivity (Wildman–Crippen MR) is 53.1 cm³/mol. The van der Waals surface area contributed by atoms with Gasteiger partial charge in [-0.25, -0.2) is 0 Å². The van der Waals surface area contributed by atoms with E-state index in [0.29, 0.717) is 0 Å². The fraction of sp³-hybridized carbons (Fsp3) is 1.00. The molecule has 0 rings (SSSR count). The largest absolute Gasteiger partial charge is 0.0776 e. The van der Waals surface area contributed by atoms with E-state index in [2.05, 4.69) is 0 Å². The molecule has 0 unspecified atom stereocenters. The minimum absolute atomic E-state index is 0. The number of hydrogen-bond donors (Lipinski definition) is 0. The van der Waals surface area contributed by atoms with Crippen LogP contribution >= 0.6 is 0 Å². The zero-order valence-corrected chi connectivity index (χ0v) is 0. The first-order valence-corrected chi connectivity index (χ1v) is 0. The highest BCUT2D eigenvalue weighted by molar-refractivity contribution is 2.51. The molecule has 0 aromatic carbocycles. The third-order valence-electron chi connectivity index (χ3n) is 0. The Morgan fingerprint density at radius 3 is 0.333 bits per heavy atom. The summed E-state index contributed by atoms with van der Waals surface area (Å²) in [4.78, 5) is 0. The van der Waals surface area contributed by atoms with Gasteiger partial charge in [0.25, 0.3) is 0 Å². The molecule has 0 aliphatic heterocycles. The first-order valence-electron chi connectivity index (χ1n) is 0. The maximum absolute atomic E-state index is 0. The molecule has 0 saturated heterocycles. The van der Waals surface area contributed by atoms with Crippen molar-refractivity contribution in [3.05, 3.63) is 0 Å². The lowest BCUT2D eigenvalue weighted by Crippen LogP contribution is 0.143. The second-order valence-corrected chi connectivity index (χ2v) is 0. The molecular formula is C6H36. The summed E-state index contributed by atoms with van der Waals surface area (Å²) < 4.78 is 0. The van der Waals surface area contributed by atoms with Crippen molar-refractivity contribution >= 4 is 0 Å². The van der Waals surface area contributed by atoms with E-state index in [4.69, 9.17) is 0 Å². The van der Waals surface area contributed by atoms with Gasteiger partial charge in [0.15, 0.2) is 0 Å². The van der Waals surface area contributed by atoms with Crippen molar-refractivity contribution in [1.82, 2.24) is 0 Å². The highest BCUT2D eigenvalue weighted by Gasteiger charge is -0.0726. The van der Waals surface area contributed by atoms with E-state index in [-0.39, 0.29) is 53.1 Å². The van der Waals surface area contributed by atoms with Crippen LogP contribution < -0.4 is 0 Å². The molecule has 0 atom stereocenters. The van der Waals surface area contributed by atoms with Crippen LogP contribution in [0.15, 0.2) is 0 Å². The second-order valence-electron chi connectivity index (χ2n) is 0. The molecule has 0 aliphatic rings. The van der Waals surface area contributed by atoms with Crippen LogP contribution in [0, 0.1) is 0 Å². The molecule has 0 bridgehead atoms. The summed E-state index contributed by atoms with van der Waals surface area (Å²) in [6.45, 7) is 0. The van der Waals surface area contributed by atoms with Gasteiger partial charge in [-0.05, 0) is 0 Å². The molecule has 0 radical (unpaired) electrons. The lowest BCUT2D eigenvalue weighted by molar-refractivity contribution is 2.50. The Bertz CT molecular complexity index is 12.0. The average molecular weight is 120 g/mol. The monoisotopic (exact) mass is 120 g/mol. The summed E-state index contributed by atoms with van der Waals surface area (Å²) in [7, 11) is 0. The van der Waals surface area contributed by atoms with Gasteiger partial charge in [-0.2, -0.15) is 0 Å². The van der Waals surface area contributed by atoms with E-state index in [1.54, 1.807) is 0 Å². The lowest BCUT2D eigenvalue weighted by atomic mass is 12.0. The van der Waals surface area contributed by atoms with Crippen LogP contribution in [0.3, 0.4) is 0 Å². The van der Waals surface area contributed by atoms with Crippen molar-refractivity contribution in [2.24, 2.45) is 0 Å². The van der Waals surface area contributed by atoms with Crippen molar-refractivity contribution in [3.8, 4) is 0 Å². The van der Waals surface area contributed by atoms with Crippen molar-refractivity contribution < 1.29 is 8.56 Å². The highest BCUT2D eigenvalue weighted by atomic mass is 12.0. The fourth-order valence-corrected chi connectivity index (χ4v) is 0. The highest BCUT2D eigenvalue weighted by Crippen LogP contribution is 0.149. The van der Waals surface area contributed by atoms with E-state index < -0.39 is 0 Å². The average Bonchev–Trinajstić information content (AvgIpc) is 0. The second kappa shape index (κ2) is 0. The minimum Gasteiger partial charge on any atom is -0.0776 e. The van der Waals surface area contributed by atoms with E-state index in [0.717, 1.165) is 0 Å². The van der Waals surface area contributed by atoms with Gasteiger partial charge in [0, 0.05) is 8.56 Å². The van der Waals surface area contributed by atoms with Crippen molar-refractivity contribution in [2.45, 2.75) is 44.6 Å². The van der Waals surface area contributed by atoms with Gasteiger partial charge in [0.1, 0.15) is 0 Å². The molecule has 0 N–H and O–H groups in total. The number of hydrogen-bond acceptors (Lipinski definition) is 0. The predicted octanol–water partition coefficient (Wildman–Crippen LogP) is 5.29. The van der Waals surface area contributed by atoms with Crippen molar-refractivity contribution in [2.75, 3.05) is 0 Å². The molecule has 0 aliphatic carbocycles. The maximum Gasteiger partial charge on any atom is 0 e. The molecule has 0 spiro atoms. The summed E-state index contributed by atoms with van der Waals surface area (Å²) in [5.41, 5.74) is 0. The Morgan fingerprint density at radius 2 is 0.333 bits per heavy atom. The van der Waals surface area contributed by atoms with Gasteiger partial charge in [-0.15, -0.1) is 0 Å². The van der Waals surface area contributed by atoms with Crippen LogP contribution in [-0.4, -0.2) is 0 Å². The molecule has 6 heavy (non-hydrogen) atoms. The van der Waals surface area contributed by atoms with Crippen molar-refractivity contribution in [1.29, 1.82) is 0 Å². The Morgan fingerprint density at radius 1 is 0.333 bits per heavy atom. The Labute approximate surface area is 54.5 Å². The molecule has 0 amide bonds. The zero-order chi connectivity index (χ0) is 0. The topological polar surface area (TPSA) is 0 Å². The summed E-state index contributed by atoms with van der Waals surface area (Å²) in [6, 6.07) is 0. The van der Waals surface area contributed by atoms with Crippen LogP contribution in [0.25, 0.3) is 0 Å². The molecular weight excluding hydrogens is 72.1 g/mol. The van der Waals surface area contributed by atoms with Gasteiger partial charge in [0.2, 0.25) is 0 Å². The first kappa shape index (κ1) is 0. The molecule has 0 heteroatoms. The Hall–Kier alpha value is 0. The molecule has 0 saturated carbocycles. The Kier molecular flexibility index (Phi) is 0. The van der Waals surface area contributed by atoms with Crippen LogP contribution in [-0.2, 0) is 0 Å². The third kappa shape index (κ3) is 0. The molecule has 0 aromatic heterocycles. The van der Waals surface area contributed by atoms with E-state index in [9.17, 15) is 0 Å². The summed E-state index contributed by atoms with van der Waals surface area (Å²) in [5, 5.41) is 0. The van der Waals surface area contributed by atoms with Gasteiger partial charge in [-0.3, -0.25) is 0 Å². The normalized spacial score (nSPS) is 0. The van der Waals surface area contributed by atoms with Gasteiger partial charge in [-0.1, -0.05) is 44.6 Å². The summed E-state index contributed by atoms with van der Waals surface area (Å²) in [5.74, 6) is 0. The quantitative estimate of drug-likeness (QED) is 0.407. The van der Waals surface area contributed by atoms with Gasteiger partial charge in [0.05, 0.1) is 0 Å². The first-order chi connectivity index (χ1) is 0. The SMILES string of the molecule is C.C.C.C.C.C.[3HH].[3HH].[3HH].[3HH].[3HH].[3HH]. The van der Waals surface area contributed by atoms with E-state index in [1.165, 1.54) is 0 Å². The van der Waals surface area contributed by atoms with Crippen LogP contribution in [0.4, 0.5) is 0 Å². The third-order valence-corrected chi connectivity index (χ3v) is 0. The van der Waals surface area contributed by atoms with E-state index in [1.807, 2.05) is 0 Å². The molecule has 0 nitrogen and oxygen atoms in total. The lowest BCUT2D eigenvalue weighted by Gasteiger charge is -0.0786. The minimum atomic E-state index is 0. The smallest absolute Gasteiger partial charge is 0 e. The van der Waals surface area contributed by atoms with Crippen molar-refractivity contribution in [3.63, 3.8) is 0 Å². The zero-order valence-electron chi connectivity index (χ0n) is 0. The fourth-order valence-electron chi connectivity index (χ4n) is 0. The van der Waals surface area contributed by atoms with Gasteiger partial charge >= 0.3 is 0 Å².